The van der Waals surface area contributed by atoms with Gasteiger partial charge < -0.3 is 5.32 Å². The van der Waals surface area contributed by atoms with Gasteiger partial charge in [-0.25, -0.2) is 15.0 Å². The molecule has 3 rings (SSSR count). The van der Waals surface area contributed by atoms with Crippen molar-refractivity contribution in [3.8, 4) is 5.82 Å². The number of rotatable bonds is 2. The van der Waals surface area contributed by atoms with Crippen LogP contribution in [-0.2, 0) is 0 Å². The second-order valence-electron chi connectivity index (χ2n) is 4.00. The summed E-state index contributed by atoms with van der Waals surface area (Å²) in [5.74, 6) is 2.18. The van der Waals surface area contributed by atoms with Gasteiger partial charge in [0.15, 0.2) is 11.5 Å². The Morgan fingerprint density at radius 3 is 2.74 bits per heavy atom. The smallest absolute Gasteiger partial charge is 0.170 e. The molecular weight excluding hydrogens is 308 g/mol. The van der Waals surface area contributed by atoms with Crippen LogP contribution in [0, 0.1) is 6.92 Å². The average molecular weight is 319 g/mol. The van der Waals surface area contributed by atoms with E-state index in [0.29, 0.717) is 5.82 Å². The second-order valence-corrected chi connectivity index (χ2v) is 4.91. The molecule has 0 atom stereocenters. The minimum absolute atomic E-state index is 0.690. The maximum Gasteiger partial charge on any atom is 0.170 e. The third-order valence-electron chi connectivity index (χ3n) is 2.71. The largest absolute Gasteiger partial charge is 0.372 e. The van der Waals surface area contributed by atoms with Crippen LogP contribution in [0.15, 0.2) is 29.0 Å². The minimum Gasteiger partial charge on any atom is -0.372 e. The summed E-state index contributed by atoms with van der Waals surface area (Å²) < 4.78 is 2.63. The molecule has 3 aromatic rings. The summed E-state index contributed by atoms with van der Waals surface area (Å²) in [4.78, 5) is 13.1. The number of nitrogens with zero attached hydrogens (tertiary/aromatic N) is 5. The van der Waals surface area contributed by atoms with Crippen LogP contribution < -0.4 is 5.32 Å². The molecule has 0 aliphatic carbocycles. The highest BCUT2D eigenvalue weighted by Crippen LogP contribution is 2.21. The van der Waals surface area contributed by atoms with E-state index in [1.54, 1.807) is 17.1 Å². The third kappa shape index (κ3) is 2.06. The lowest BCUT2D eigenvalue weighted by Gasteiger charge is -2.04. The number of halogens is 1. The molecule has 7 heteroatoms. The SMILES string of the molecule is CNc1nc(C)nc2c1cnn2-c1ccc(Br)cn1. The molecule has 0 amide bonds. The van der Waals surface area contributed by atoms with Gasteiger partial charge in [-0.1, -0.05) is 0 Å². The molecule has 3 heterocycles. The topological polar surface area (TPSA) is 68.5 Å². The lowest BCUT2D eigenvalue weighted by Crippen LogP contribution is -2.03. The zero-order valence-electron chi connectivity index (χ0n) is 10.4. The van der Waals surface area contributed by atoms with E-state index in [0.717, 1.165) is 27.1 Å². The monoisotopic (exact) mass is 318 g/mol. The molecule has 0 aliphatic heterocycles. The number of hydrogen-bond donors (Lipinski definition) is 1. The van der Waals surface area contributed by atoms with Crippen LogP contribution in [0.4, 0.5) is 5.82 Å². The number of aryl methyl sites for hydroxylation is 1. The minimum atomic E-state index is 0.690. The van der Waals surface area contributed by atoms with E-state index in [-0.39, 0.29) is 0 Å². The van der Waals surface area contributed by atoms with Crippen LogP contribution in [0.2, 0.25) is 0 Å². The van der Waals surface area contributed by atoms with Crippen molar-refractivity contribution in [3.63, 3.8) is 0 Å². The van der Waals surface area contributed by atoms with E-state index in [1.807, 2.05) is 26.1 Å². The van der Waals surface area contributed by atoms with E-state index in [9.17, 15) is 0 Å². The quantitative estimate of drug-likeness (QED) is 0.785. The Morgan fingerprint density at radius 1 is 1.21 bits per heavy atom. The van der Waals surface area contributed by atoms with Gasteiger partial charge in [0.2, 0.25) is 0 Å². The Bertz CT molecular complexity index is 734. The second kappa shape index (κ2) is 4.58. The molecule has 3 aromatic heterocycles. The molecule has 1 N–H and O–H groups in total. The number of hydrogen-bond acceptors (Lipinski definition) is 5. The van der Waals surface area contributed by atoms with Crippen molar-refractivity contribution in [1.82, 2.24) is 24.7 Å². The molecule has 0 aliphatic rings. The van der Waals surface area contributed by atoms with Gasteiger partial charge in [-0.2, -0.15) is 9.78 Å². The standard InChI is InChI=1S/C12H11BrN6/c1-7-17-11(14-2)9-6-16-19(12(9)18-7)10-4-3-8(13)5-15-10/h3-6H,1-2H3,(H,14,17,18). The molecule has 19 heavy (non-hydrogen) atoms. The average Bonchev–Trinajstić information content (AvgIpc) is 2.82. The molecule has 0 unspecified atom stereocenters. The Morgan fingerprint density at radius 2 is 2.05 bits per heavy atom. The molecule has 0 aromatic carbocycles. The summed E-state index contributed by atoms with van der Waals surface area (Å²) in [5.41, 5.74) is 0.742. The molecule has 0 radical (unpaired) electrons. The van der Waals surface area contributed by atoms with Crippen LogP contribution in [0.5, 0.6) is 0 Å². The van der Waals surface area contributed by atoms with Crippen LogP contribution in [0.25, 0.3) is 16.9 Å². The van der Waals surface area contributed by atoms with Gasteiger partial charge in [-0.05, 0) is 35.0 Å². The summed E-state index contributed by atoms with van der Waals surface area (Å²) in [7, 11) is 1.83. The van der Waals surface area contributed by atoms with Gasteiger partial charge in [-0.3, -0.25) is 0 Å². The van der Waals surface area contributed by atoms with Gasteiger partial charge in [-0.15, -0.1) is 0 Å². The zero-order valence-corrected chi connectivity index (χ0v) is 12.0. The van der Waals surface area contributed by atoms with Crippen LogP contribution in [0.1, 0.15) is 5.82 Å². The van der Waals surface area contributed by atoms with Crippen molar-refractivity contribution in [3.05, 3.63) is 34.8 Å². The van der Waals surface area contributed by atoms with Crippen molar-refractivity contribution >= 4 is 32.8 Å². The van der Waals surface area contributed by atoms with E-state index in [2.05, 4.69) is 41.3 Å². The Labute approximate surface area is 118 Å². The fourth-order valence-corrected chi connectivity index (χ4v) is 2.10. The van der Waals surface area contributed by atoms with Crippen molar-refractivity contribution < 1.29 is 0 Å². The molecule has 0 bridgehead atoms. The van der Waals surface area contributed by atoms with Crippen molar-refractivity contribution in [2.45, 2.75) is 6.92 Å². The zero-order chi connectivity index (χ0) is 13.4. The molecule has 0 fully saturated rings. The van der Waals surface area contributed by atoms with E-state index >= 15 is 0 Å². The number of pyridine rings is 1. The number of aromatic nitrogens is 5. The van der Waals surface area contributed by atoms with Crippen LogP contribution in [-0.4, -0.2) is 31.8 Å². The Balaban J connectivity index is 2.25. The summed E-state index contributed by atoms with van der Waals surface area (Å²) in [6.07, 6.45) is 3.47. The fraction of sp³-hybridized carbons (Fsp3) is 0.167. The highest BCUT2D eigenvalue weighted by atomic mass is 79.9. The van der Waals surface area contributed by atoms with Crippen molar-refractivity contribution in [2.75, 3.05) is 12.4 Å². The van der Waals surface area contributed by atoms with Gasteiger partial charge >= 0.3 is 0 Å². The van der Waals surface area contributed by atoms with Crippen LogP contribution in [0.3, 0.4) is 0 Å². The van der Waals surface area contributed by atoms with Crippen molar-refractivity contribution in [2.24, 2.45) is 0 Å². The first-order valence-electron chi connectivity index (χ1n) is 5.71. The lowest BCUT2D eigenvalue weighted by molar-refractivity contribution is 0.857. The molecule has 0 saturated carbocycles. The normalized spacial score (nSPS) is 10.9. The third-order valence-corrected chi connectivity index (χ3v) is 3.17. The summed E-state index contributed by atoms with van der Waals surface area (Å²) in [6, 6.07) is 3.80. The number of fused-ring (bicyclic) bond motifs is 1. The lowest BCUT2D eigenvalue weighted by atomic mass is 10.4. The molecular formula is C12H11BrN6. The highest BCUT2D eigenvalue weighted by Gasteiger charge is 2.12. The predicted molar refractivity (Wildman–Crippen MR) is 76.4 cm³/mol. The Hall–Kier alpha value is -2.02. The maximum atomic E-state index is 4.44. The number of nitrogens with one attached hydrogen (secondary N) is 1. The maximum absolute atomic E-state index is 4.44. The molecule has 0 spiro atoms. The van der Waals surface area contributed by atoms with Crippen molar-refractivity contribution in [1.29, 1.82) is 0 Å². The predicted octanol–water partition coefficient (Wildman–Crippen LogP) is 2.32. The van der Waals surface area contributed by atoms with Gasteiger partial charge in [0.25, 0.3) is 0 Å². The summed E-state index contributed by atoms with van der Waals surface area (Å²) in [5, 5.41) is 8.27. The first-order valence-corrected chi connectivity index (χ1v) is 6.50. The van der Waals surface area contributed by atoms with Crippen LogP contribution >= 0.6 is 15.9 Å². The highest BCUT2D eigenvalue weighted by molar-refractivity contribution is 9.10. The molecule has 0 saturated heterocycles. The summed E-state index contributed by atoms with van der Waals surface area (Å²) >= 11 is 3.37. The first-order chi connectivity index (χ1) is 9.19. The van der Waals surface area contributed by atoms with E-state index in [1.165, 1.54) is 0 Å². The van der Waals surface area contributed by atoms with Gasteiger partial charge in [0.1, 0.15) is 11.6 Å². The van der Waals surface area contributed by atoms with Gasteiger partial charge in [0.05, 0.1) is 11.6 Å². The first kappa shape index (κ1) is 12.0. The Kier molecular flexibility index (Phi) is 2.90. The summed E-state index contributed by atoms with van der Waals surface area (Å²) in [6.45, 7) is 1.85. The van der Waals surface area contributed by atoms with E-state index in [4.69, 9.17) is 0 Å². The molecule has 6 nitrogen and oxygen atoms in total. The van der Waals surface area contributed by atoms with E-state index < -0.39 is 0 Å². The van der Waals surface area contributed by atoms with Gasteiger partial charge in [0, 0.05) is 17.7 Å². The fourth-order valence-electron chi connectivity index (χ4n) is 1.87. The molecule has 96 valence electrons. The number of anilines is 1.